The number of rotatable bonds is 6. The third kappa shape index (κ3) is 3.13. The molecule has 1 heterocycles. The summed E-state index contributed by atoms with van der Waals surface area (Å²) in [4.78, 5) is 50.1. The minimum absolute atomic E-state index is 0.0157. The van der Waals surface area contributed by atoms with Gasteiger partial charge in [0, 0.05) is 12.1 Å². The molecule has 22 heavy (non-hydrogen) atoms. The van der Waals surface area contributed by atoms with Crippen molar-refractivity contribution >= 4 is 23.8 Å². The Morgan fingerprint density at radius 1 is 1.14 bits per heavy atom. The van der Waals surface area contributed by atoms with E-state index in [-0.39, 0.29) is 18.6 Å². The van der Waals surface area contributed by atoms with Gasteiger partial charge in [0.15, 0.2) is 0 Å². The molecule has 0 atom stereocenters. The first kappa shape index (κ1) is 16.5. The van der Waals surface area contributed by atoms with E-state index in [0.717, 1.165) is 48.3 Å². The fraction of sp³-hybridized carbons (Fsp3) is 0.733. The Morgan fingerprint density at radius 3 is 2.27 bits per heavy atom. The smallest absolute Gasteiger partial charge is 0.334 e. The topological polar surface area (TPSA) is 86.8 Å². The Bertz CT molecular complexity index is 481. The maximum absolute atomic E-state index is 12.3. The minimum Gasteiger partial charge on any atom is -0.352 e. The highest BCUT2D eigenvalue weighted by atomic mass is 16.2. The van der Waals surface area contributed by atoms with Crippen LogP contribution in [0.1, 0.15) is 52.4 Å². The van der Waals surface area contributed by atoms with E-state index < -0.39 is 23.8 Å². The van der Waals surface area contributed by atoms with Crippen molar-refractivity contribution in [2.24, 2.45) is 0 Å². The lowest BCUT2D eigenvalue weighted by molar-refractivity contribution is -0.144. The fourth-order valence-corrected chi connectivity index (χ4v) is 3.06. The van der Waals surface area contributed by atoms with Gasteiger partial charge in [0.05, 0.1) is 0 Å². The zero-order chi connectivity index (χ0) is 16.3. The molecule has 0 radical (unpaired) electrons. The van der Waals surface area contributed by atoms with Crippen LogP contribution in [0, 0.1) is 0 Å². The second-order valence-corrected chi connectivity index (χ2v) is 5.87. The molecule has 1 aliphatic carbocycles. The first-order chi connectivity index (χ1) is 10.5. The van der Waals surface area contributed by atoms with E-state index in [2.05, 4.69) is 5.32 Å². The van der Waals surface area contributed by atoms with Crippen molar-refractivity contribution in [3.05, 3.63) is 0 Å². The number of amides is 5. The minimum atomic E-state index is -0.892. The normalized spacial score (nSPS) is 19.7. The molecule has 0 aromatic rings. The summed E-state index contributed by atoms with van der Waals surface area (Å²) in [6.07, 6.45) is 4.92. The average molecular weight is 309 g/mol. The average Bonchev–Trinajstić information content (AvgIpc) is 3.09. The van der Waals surface area contributed by atoms with Crippen LogP contribution in [0.15, 0.2) is 0 Å². The third-order valence-corrected chi connectivity index (χ3v) is 4.43. The summed E-state index contributed by atoms with van der Waals surface area (Å²) in [5.74, 6) is -2.10. The van der Waals surface area contributed by atoms with Gasteiger partial charge >= 0.3 is 17.8 Å². The van der Waals surface area contributed by atoms with Crippen molar-refractivity contribution in [1.82, 2.24) is 15.1 Å². The molecule has 2 aliphatic rings. The molecular weight excluding hydrogens is 286 g/mol. The molecule has 1 aliphatic heterocycles. The Morgan fingerprint density at radius 2 is 1.73 bits per heavy atom. The van der Waals surface area contributed by atoms with E-state index in [1.807, 2.05) is 13.8 Å². The highest BCUT2D eigenvalue weighted by Gasteiger charge is 2.48. The summed E-state index contributed by atoms with van der Waals surface area (Å²) in [5, 5.41) is 2.77. The van der Waals surface area contributed by atoms with Crippen molar-refractivity contribution in [3.8, 4) is 0 Å². The molecule has 1 N–H and O–H groups in total. The molecule has 7 heteroatoms. The molecule has 1 saturated heterocycles. The van der Waals surface area contributed by atoms with Crippen molar-refractivity contribution in [2.45, 2.75) is 64.5 Å². The number of carbonyl (C=O) groups is 4. The van der Waals surface area contributed by atoms with E-state index in [4.69, 9.17) is 0 Å². The van der Waals surface area contributed by atoms with Crippen LogP contribution >= 0.6 is 0 Å². The molecule has 0 bridgehead atoms. The van der Waals surface area contributed by atoms with Gasteiger partial charge in [-0.05, 0) is 25.7 Å². The number of nitrogens with one attached hydrogen (secondary N) is 1. The van der Waals surface area contributed by atoms with Crippen LogP contribution in [-0.4, -0.2) is 52.2 Å². The second kappa shape index (κ2) is 6.89. The van der Waals surface area contributed by atoms with Crippen LogP contribution < -0.4 is 5.32 Å². The Kier molecular flexibility index (Phi) is 5.15. The zero-order valence-corrected chi connectivity index (χ0v) is 13.1. The number of urea groups is 1. The number of carbonyl (C=O) groups excluding carboxylic acids is 4. The van der Waals surface area contributed by atoms with Crippen molar-refractivity contribution < 1.29 is 19.2 Å². The first-order valence-corrected chi connectivity index (χ1v) is 7.97. The van der Waals surface area contributed by atoms with Crippen LogP contribution in [0.25, 0.3) is 0 Å². The van der Waals surface area contributed by atoms with Gasteiger partial charge in [0.1, 0.15) is 6.54 Å². The molecule has 0 spiro atoms. The maximum Gasteiger partial charge on any atom is 0.334 e. The van der Waals surface area contributed by atoms with Crippen LogP contribution in [-0.2, 0) is 14.4 Å². The number of hydrogen-bond donors (Lipinski definition) is 1. The van der Waals surface area contributed by atoms with E-state index >= 15 is 0 Å². The third-order valence-electron chi connectivity index (χ3n) is 4.43. The molecule has 122 valence electrons. The van der Waals surface area contributed by atoms with Gasteiger partial charge in [-0.2, -0.15) is 0 Å². The predicted molar refractivity (Wildman–Crippen MR) is 78.7 cm³/mol. The lowest BCUT2D eigenvalue weighted by Gasteiger charge is -2.21. The highest BCUT2D eigenvalue weighted by molar-refractivity contribution is 6.45. The number of imide groups is 2. The van der Waals surface area contributed by atoms with E-state index in [9.17, 15) is 19.2 Å². The van der Waals surface area contributed by atoms with Gasteiger partial charge in [0.25, 0.3) is 0 Å². The highest BCUT2D eigenvalue weighted by Crippen LogP contribution is 2.27. The molecular formula is C15H23N3O4. The standard InChI is InChI=1S/C15H23N3O4/c1-3-10(4-2)16-12(19)9-17-13(20)14(21)18(15(17)22)11-7-5-6-8-11/h10-11H,3-9H2,1-2H3,(H,16,19). The van der Waals surface area contributed by atoms with E-state index in [1.54, 1.807) is 0 Å². The quantitative estimate of drug-likeness (QED) is 0.586. The molecule has 0 unspecified atom stereocenters. The van der Waals surface area contributed by atoms with Gasteiger partial charge < -0.3 is 5.32 Å². The number of nitrogens with zero attached hydrogens (tertiary/aromatic N) is 2. The maximum atomic E-state index is 12.3. The molecule has 0 aromatic heterocycles. The summed E-state index contributed by atoms with van der Waals surface area (Å²) in [6, 6.07) is -0.834. The summed E-state index contributed by atoms with van der Waals surface area (Å²) in [6.45, 7) is 3.51. The van der Waals surface area contributed by atoms with E-state index in [1.165, 1.54) is 0 Å². The molecule has 7 nitrogen and oxygen atoms in total. The van der Waals surface area contributed by atoms with Gasteiger partial charge in [0.2, 0.25) is 5.91 Å². The SMILES string of the molecule is CCC(CC)NC(=O)CN1C(=O)C(=O)N(C2CCCC2)C1=O. The summed E-state index contributed by atoms with van der Waals surface area (Å²) < 4.78 is 0. The van der Waals surface area contributed by atoms with Gasteiger partial charge in [-0.25, -0.2) is 9.69 Å². The largest absolute Gasteiger partial charge is 0.352 e. The van der Waals surface area contributed by atoms with E-state index in [0.29, 0.717) is 0 Å². The Hall–Kier alpha value is -1.92. The van der Waals surface area contributed by atoms with Crippen LogP contribution in [0.4, 0.5) is 4.79 Å². The molecule has 5 amide bonds. The van der Waals surface area contributed by atoms with Gasteiger partial charge in [-0.15, -0.1) is 0 Å². The molecule has 1 saturated carbocycles. The molecule has 2 rings (SSSR count). The van der Waals surface area contributed by atoms with Crippen molar-refractivity contribution in [2.75, 3.05) is 6.54 Å². The molecule has 2 fully saturated rings. The molecule has 0 aromatic carbocycles. The van der Waals surface area contributed by atoms with Crippen LogP contribution in [0.3, 0.4) is 0 Å². The van der Waals surface area contributed by atoms with Crippen LogP contribution in [0.2, 0.25) is 0 Å². The zero-order valence-electron chi connectivity index (χ0n) is 13.1. The fourth-order valence-electron chi connectivity index (χ4n) is 3.06. The second-order valence-electron chi connectivity index (χ2n) is 5.87. The lowest BCUT2D eigenvalue weighted by Crippen LogP contribution is -2.45. The lowest BCUT2D eigenvalue weighted by atomic mass is 10.2. The van der Waals surface area contributed by atoms with Crippen molar-refractivity contribution in [3.63, 3.8) is 0 Å². The van der Waals surface area contributed by atoms with Crippen molar-refractivity contribution in [1.29, 1.82) is 0 Å². The van der Waals surface area contributed by atoms with Gasteiger partial charge in [-0.3, -0.25) is 19.3 Å². The van der Waals surface area contributed by atoms with Crippen LogP contribution in [0.5, 0.6) is 0 Å². The Labute approximate surface area is 130 Å². The van der Waals surface area contributed by atoms with Gasteiger partial charge in [-0.1, -0.05) is 26.7 Å². The predicted octanol–water partition coefficient (Wildman–Crippen LogP) is 1.02. The summed E-state index contributed by atoms with van der Waals surface area (Å²) in [5.41, 5.74) is 0. The first-order valence-electron chi connectivity index (χ1n) is 7.97. The Balaban J connectivity index is 2.02. The monoisotopic (exact) mass is 309 g/mol. The summed E-state index contributed by atoms with van der Waals surface area (Å²) >= 11 is 0. The summed E-state index contributed by atoms with van der Waals surface area (Å²) in [7, 11) is 0. The number of hydrogen-bond acceptors (Lipinski definition) is 4.